The van der Waals surface area contributed by atoms with Crippen LogP contribution in [-0.2, 0) is 20.2 Å². The number of aliphatic hydroxyl groups is 1. The second kappa shape index (κ2) is 8.68. The third-order valence-electron chi connectivity index (χ3n) is 4.14. The topological polar surface area (TPSA) is 203 Å². The van der Waals surface area contributed by atoms with Crippen LogP contribution < -0.4 is 4.74 Å². The molecule has 0 aromatic heterocycles. The van der Waals surface area contributed by atoms with E-state index in [4.69, 9.17) is 9.84 Å². The second-order valence-electron chi connectivity index (χ2n) is 6.33. The van der Waals surface area contributed by atoms with Crippen LogP contribution in [0.5, 0.6) is 17.2 Å². The molecule has 0 radical (unpaired) electrons. The van der Waals surface area contributed by atoms with E-state index < -0.39 is 47.2 Å². The monoisotopic (exact) mass is 484 g/mol. The number of nitrogens with zero attached hydrogens (tertiary/aromatic N) is 2. The van der Waals surface area contributed by atoms with Gasteiger partial charge >= 0.3 is 0 Å². The van der Waals surface area contributed by atoms with Gasteiger partial charge in [-0.1, -0.05) is 0 Å². The molecular weight excluding hydrogens is 468 g/mol. The Bertz CT molecular complexity index is 1420. The van der Waals surface area contributed by atoms with E-state index in [9.17, 15) is 36.2 Å². The highest BCUT2D eigenvalue weighted by atomic mass is 32.2. The van der Waals surface area contributed by atoms with Crippen LogP contribution in [-0.4, -0.2) is 54.5 Å². The van der Waals surface area contributed by atoms with Gasteiger partial charge in [-0.15, -0.1) is 5.11 Å². The van der Waals surface area contributed by atoms with E-state index in [1.54, 1.807) is 0 Å². The van der Waals surface area contributed by atoms with Crippen molar-refractivity contribution in [2.45, 2.75) is 9.79 Å². The Balaban J connectivity index is 2.16. The first-order chi connectivity index (χ1) is 14.9. The fourth-order valence-electron chi connectivity index (χ4n) is 2.76. The summed E-state index contributed by atoms with van der Waals surface area (Å²) in [7, 11) is -9.74. The molecule has 0 atom stereocenters. The molecule has 12 nitrogen and oxygen atoms in total. The molecule has 32 heavy (non-hydrogen) atoms. The Morgan fingerprint density at radius 3 is 2.09 bits per heavy atom. The fraction of sp³-hybridized carbons (Fsp3) is 0.111. The molecule has 0 aliphatic rings. The van der Waals surface area contributed by atoms with E-state index in [2.05, 4.69) is 10.2 Å². The van der Waals surface area contributed by atoms with Crippen molar-refractivity contribution in [1.82, 2.24) is 0 Å². The first-order valence-electron chi connectivity index (χ1n) is 8.65. The smallest absolute Gasteiger partial charge is 0.296 e. The molecule has 0 saturated carbocycles. The molecule has 0 bridgehead atoms. The predicted molar refractivity (Wildman–Crippen MR) is 110 cm³/mol. The maximum atomic E-state index is 11.8. The molecular formula is C18H16N2O10S2. The van der Waals surface area contributed by atoms with Gasteiger partial charge in [0, 0.05) is 6.07 Å². The number of hydrogen-bond acceptors (Lipinski definition) is 10. The third kappa shape index (κ3) is 4.95. The van der Waals surface area contributed by atoms with Crippen LogP contribution in [0.1, 0.15) is 0 Å². The van der Waals surface area contributed by atoms with Gasteiger partial charge in [0.05, 0.1) is 22.6 Å². The normalized spacial score (nSPS) is 12.5. The zero-order chi connectivity index (χ0) is 23.7. The van der Waals surface area contributed by atoms with E-state index in [-0.39, 0.29) is 29.7 Å². The summed E-state index contributed by atoms with van der Waals surface area (Å²) in [5.41, 5.74) is -0.511. The predicted octanol–water partition coefficient (Wildman–Crippen LogP) is 2.53. The summed E-state index contributed by atoms with van der Waals surface area (Å²) >= 11 is 0. The molecule has 5 N–H and O–H groups in total. The lowest BCUT2D eigenvalue weighted by Crippen LogP contribution is -2.01. The zero-order valence-corrected chi connectivity index (χ0v) is 17.6. The molecule has 0 aliphatic heterocycles. The fourth-order valence-corrected chi connectivity index (χ4v) is 3.96. The minimum Gasteiger partial charge on any atom is -0.507 e. The molecule has 14 heteroatoms. The standard InChI is InChI=1S/C18H16N2O10S2/c21-5-6-30-12-3-1-11(2-4-12)19-20-17-15(32(27,28)29)8-10-7-13(31(24,25)26)9-14(22)16(10)18(17)23/h1-4,7-9,21-23H,5-6H2,(H,24,25,26)(H,27,28,29). The summed E-state index contributed by atoms with van der Waals surface area (Å²) in [5.74, 6) is -1.28. The summed E-state index contributed by atoms with van der Waals surface area (Å²) in [6.07, 6.45) is 0. The van der Waals surface area contributed by atoms with Crippen molar-refractivity contribution in [2.75, 3.05) is 13.2 Å². The number of hydrogen-bond donors (Lipinski definition) is 5. The van der Waals surface area contributed by atoms with Crippen LogP contribution in [0.15, 0.2) is 62.5 Å². The Labute approximate surface area is 181 Å². The van der Waals surface area contributed by atoms with Gasteiger partial charge < -0.3 is 20.1 Å². The maximum Gasteiger partial charge on any atom is 0.296 e. The molecule has 170 valence electrons. The van der Waals surface area contributed by atoms with E-state index in [0.29, 0.717) is 11.8 Å². The number of aliphatic hydroxyl groups excluding tert-OH is 1. The highest BCUT2D eigenvalue weighted by molar-refractivity contribution is 7.86. The van der Waals surface area contributed by atoms with Crippen LogP contribution in [0.2, 0.25) is 0 Å². The van der Waals surface area contributed by atoms with Gasteiger partial charge in [-0.3, -0.25) is 9.11 Å². The van der Waals surface area contributed by atoms with Crippen molar-refractivity contribution < 1.29 is 46.0 Å². The van der Waals surface area contributed by atoms with Gasteiger partial charge in [-0.2, -0.15) is 21.9 Å². The van der Waals surface area contributed by atoms with Crippen LogP contribution in [0, 0.1) is 0 Å². The van der Waals surface area contributed by atoms with Gasteiger partial charge in [-0.05, 0) is 41.8 Å². The van der Waals surface area contributed by atoms with Crippen molar-refractivity contribution in [3.63, 3.8) is 0 Å². The van der Waals surface area contributed by atoms with Crippen molar-refractivity contribution in [2.24, 2.45) is 10.2 Å². The summed E-state index contributed by atoms with van der Waals surface area (Å²) in [5, 5.41) is 36.2. The number of rotatable bonds is 7. The van der Waals surface area contributed by atoms with Crippen molar-refractivity contribution in [3.8, 4) is 17.2 Å². The van der Waals surface area contributed by atoms with E-state index in [0.717, 1.165) is 12.1 Å². The van der Waals surface area contributed by atoms with E-state index in [1.165, 1.54) is 24.3 Å². The van der Waals surface area contributed by atoms with Crippen LogP contribution in [0.3, 0.4) is 0 Å². The Hall–Kier alpha value is -3.30. The van der Waals surface area contributed by atoms with E-state index in [1.807, 2.05) is 0 Å². The molecule has 3 aromatic rings. The minimum atomic E-state index is -4.98. The van der Waals surface area contributed by atoms with Crippen molar-refractivity contribution in [3.05, 3.63) is 42.5 Å². The molecule has 3 rings (SSSR count). The van der Waals surface area contributed by atoms with Gasteiger partial charge in [0.15, 0.2) is 5.75 Å². The largest absolute Gasteiger partial charge is 0.507 e. The summed E-state index contributed by atoms with van der Waals surface area (Å²) in [6, 6.07) is 8.09. The molecule has 3 aromatic carbocycles. The first-order valence-corrected chi connectivity index (χ1v) is 11.5. The molecule has 0 aliphatic carbocycles. The lowest BCUT2D eigenvalue weighted by molar-refractivity contribution is 0.201. The summed E-state index contributed by atoms with van der Waals surface area (Å²) in [6.45, 7) is -0.105. The van der Waals surface area contributed by atoms with Crippen LogP contribution >= 0.6 is 0 Å². The number of fused-ring (bicyclic) bond motifs is 1. The van der Waals surface area contributed by atoms with E-state index >= 15 is 0 Å². The number of phenols is 2. The average molecular weight is 484 g/mol. The number of phenolic OH excluding ortho intramolecular Hbond substituents is 2. The lowest BCUT2D eigenvalue weighted by Gasteiger charge is -2.11. The Kier molecular flexibility index (Phi) is 6.34. The Morgan fingerprint density at radius 1 is 0.875 bits per heavy atom. The number of azo groups is 1. The lowest BCUT2D eigenvalue weighted by atomic mass is 10.1. The molecule has 0 spiro atoms. The highest BCUT2D eigenvalue weighted by Gasteiger charge is 2.25. The van der Waals surface area contributed by atoms with Gasteiger partial charge in [0.25, 0.3) is 20.2 Å². The minimum absolute atomic E-state index is 0.0757. The average Bonchev–Trinajstić information content (AvgIpc) is 2.70. The maximum absolute atomic E-state index is 11.8. The van der Waals surface area contributed by atoms with Gasteiger partial charge in [0.1, 0.15) is 28.7 Å². The number of aromatic hydroxyl groups is 2. The van der Waals surface area contributed by atoms with Crippen molar-refractivity contribution >= 4 is 42.4 Å². The summed E-state index contributed by atoms with van der Waals surface area (Å²) in [4.78, 5) is -1.68. The molecule has 0 heterocycles. The van der Waals surface area contributed by atoms with Gasteiger partial charge in [0.2, 0.25) is 0 Å². The molecule has 0 saturated heterocycles. The summed E-state index contributed by atoms with van der Waals surface area (Å²) < 4.78 is 70.4. The first kappa shape index (κ1) is 23.4. The van der Waals surface area contributed by atoms with Crippen molar-refractivity contribution in [1.29, 1.82) is 0 Å². The van der Waals surface area contributed by atoms with Gasteiger partial charge in [-0.25, -0.2) is 0 Å². The van der Waals surface area contributed by atoms with Crippen LogP contribution in [0.4, 0.5) is 11.4 Å². The number of benzene rings is 3. The zero-order valence-electron chi connectivity index (χ0n) is 15.9. The molecule has 0 fully saturated rings. The Morgan fingerprint density at radius 2 is 1.53 bits per heavy atom. The highest BCUT2D eigenvalue weighted by Crippen LogP contribution is 2.45. The third-order valence-corrected chi connectivity index (χ3v) is 5.84. The quantitative estimate of drug-likeness (QED) is 0.245. The molecule has 0 amide bonds. The number of ether oxygens (including phenoxy) is 1. The van der Waals surface area contributed by atoms with Crippen LogP contribution in [0.25, 0.3) is 10.8 Å². The second-order valence-corrected chi connectivity index (χ2v) is 9.14. The molecule has 0 unspecified atom stereocenters. The SMILES string of the molecule is O=S(=O)(O)c1cc(O)c2c(O)c(N=Nc3ccc(OCCO)cc3)c(S(=O)(=O)O)cc2c1.